The zero-order valence-corrected chi connectivity index (χ0v) is 4.10. The topological polar surface area (TPSA) is 40.7 Å². The maximum Gasteiger partial charge on any atom is 0.199 e. The Morgan fingerprint density at radius 3 is 3.14 bits per heavy atom. The van der Waals surface area contributed by atoms with E-state index in [9.17, 15) is 0 Å². The average molecular weight is 101 g/mol. The lowest BCUT2D eigenvalue weighted by Gasteiger charge is -1.85. The Bertz CT molecular complexity index is 128. The number of hydrogen-bond acceptors (Lipinski definition) is 2. The summed E-state index contributed by atoms with van der Waals surface area (Å²) < 4.78 is 0. The first kappa shape index (κ1) is 4.18. The summed E-state index contributed by atoms with van der Waals surface area (Å²) in [5, 5.41) is 2.84. The Kier molecular flexibility index (Phi) is 0.978. The number of nitrogens with one attached hydrogen (secondary N) is 2. The molecule has 0 aliphatic rings. The van der Waals surface area contributed by atoms with Crippen LogP contribution in [0.1, 0.15) is 2.85 Å². The van der Waals surface area contributed by atoms with E-state index in [1.807, 2.05) is 7.05 Å². The number of nitrogens with zero attached hydrogens (tertiary/aromatic N) is 1. The minimum absolute atomic E-state index is 0. The Morgan fingerprint density at radius 1 is 2.00 bits per heavy atom. The number of imidazole rings is 1. The van der Waals surface area contributed by atoms with Crippen LogP contribution in [-0.2, 0) is 0 Å². The number of rotatable bonds is 1. The molecule has 0 aromatic carbocycles. The third kappa shape index (κ3) is 0.707. The molecule has 0 saturated heterocycles. The summed E-state index contributed by atoms with van der Waals surface area (Å²) in [6, 6.07) is 0. The second-order valence-corrected chi connectivity index (χ2v) is 1.19. The lowest BCUT2D eigenvalue weighted by atomic mass is 11.0. The van der Waals surface area contributed by atoms with Gasteiger partial charge in [0.1, 0.15) is 0 Å². The van der Waals surface area contributed by atoms with Crippen molar-refractivity contribution in [1.82, 2.24) is 9.97 Å². The van der Waals surface area contributed by atoms with Crippen LogP contribution in [0.5, 0.6) is 0 Å². The summed E-state index contributed by atoms with van der Waals surface area (Å²) in [6.45, 7) is 0. The molecule has 0 radical (unpaired) electrons. The molecule has 7 heavy (non-hydrogen) atoms. The minimum atomic E-state index is 0. The number of hydrogen-bond donors (Lipinski definition) is 2. The SMILES string of the molecule is CNc1ncc[nH]1.[HH].[HH]. The van der Waals surface area contributed by atoms with E-state index in [1.165, 1.54) is 0 Å². The van der Waals surface area contributed by atoms with E-state index in [1.54, 1.807) is 12.4 Å². The number of H-pyrrole nitrogens is 1. The van der Waals surface area contributed by atoms with E-state index >= 15 is 0 Å². The Labute approximate surface area is 44.7 Å². The molecule has 0 atom stereocenters. The Morgan fingerprint density at radius 2 is 2.86 bits per heavy atom. The standard InChI is InChI=1S/C4H7N3.2H2/c1-5-4-6-2-3-7-4;;/h2-3H,1H3,(H2,5,6,7);2*1H. The summed E-state index contributed by atoms with van der Waals surface area (Å²) in [7, 11) is 1.82. The minimum Gasteiger partial charge on any atom is -0.359 e. The molecule has 0 bridgehead atoms. The van der Waals surface area contributed by atoms with Crippen molar-refractivity contribution >= 4 is 5.95 Å². The van der Waals surface area contributed by atoms with E-state index in [2.05, 4.69) is 15.3 Å². The smallest absolute Gasteiger partial charge is 0.199 e. The van der Waals surface area contributed by atoms with Gasteiger partial charge < -0.3 is 10.3 Å². The van der Waals surface area contributed by atoms with Gasteiger partial charge in [-0.2, -0.15) is 0 Å². The van der Waals surface area contributed by atoms with Crippen LogP contribution in [-0.4, -0.2) is 17.0 Å². The predicted octanol–water partition coefficient (Wildman–Crippen LogP) is 0.943. The molecule has 3 nitrogen and oxygen atoms in total. The molecular formula is C4H11N3. The van der Waals surface area contributed by atoms with Crippen LogP contribution < -0.4 is 5.32 Å². The van der Waals surface area contributed by atoms with Crippen molar-refractivity contribution in [3.8, 4) is 0 Å². The van der Waals surface area contributed by atoms with E-state index in [0.29, 0.717) is 0 Å². The zero-order chi connectivity index (χ0) is 5.11. The zero-order valence-electron chi connectivity index (χ0n) is 4.10. The maximum absolute atomic E-state index is 3.87. The summed E-state index contributed by atoms with van der Waals surface area (Å²) >= 11 is 0. The monoisotopic (exact) mass is 101 g/mol. The van der Waals surface area contributed by atoms with Crippen molar-refractivity contribution in [2.75, 3.05) is 12.4 Å². The largest absolute Gasteiger partial charge is 0.359 e. The molecule has 0 saturated carbocycles. The number of anilines is 1. The molecule has 2 N–H and O–H groups in total. The van der Waals surface area contributed by atoms with Crippen molar-refractivity contribution in [3.63, 3.8) is 0 Å². The first-order valence-corrected chi connectivity index (χ1v) is 2.10. The summed E-state index contributed by atoms with van der Waals surface area (Å²) in [4.78, 5) is 6.73. The third-order valence-electron chi connectivity index (χ3n) is 0.735. The molecule has 1 aromatic rings. The second kappa shape index (κ2) is 1.64. The van der Waals surface area contributed by atoms with Gasteiger partial charge in [-0.3, -0.25) is 0 Å². The highest BCUT2D eigenvalue weighted by atomic mass is 15.1. The maximum atomic E-state index is 3.87. The molecular weight excluding hydrogens is 90.1 g/mol. The molecule has 0 spiro atoms. The van der Waals surface area contributed by atoms with Crippen LogP contribution >= 0.6 is 0 Å². The quantitative estimate of drug-likeness (QED) is 0.552. The lowest BCUT2D eigenvalue weighted by molar-refractivity contribution is 1.26. The molecule has 42 valence electrons. The Hall–Kier alpha value is -0.990. The summed E-state index contributed by atoms with van der Waals surface area (Å²) in [5.41, 5.74) is 0. The van der Waals surface area contributed by atoms with Crippen LogP contribution in [0, 0.1) is 0 Å². The van der Waals surface area contributed by atoms with Gasteiger partial charge in [0.15, 0.2) is 5.95 Å². The highest BCUT2D eigenvalue weighted by Crippen LogP contribution is 1.89. The fraction of sp³-hybridized carbons (Fsp3) is 0.250. The van der Waals surface area contributed by atoms with Crippen LogP contribution in [0.4, 0.5) is 5.95 Å². The summed E-state index contributed by atoms with van der Waals surface area (Å²) in [5.74, 6) is 0.806. The molecule has 0 fully saturated rings. The van der Waals surface area contributed by atoms with Gasteiger partial charge in [-0.15, -0.1) is 0 Å². The Balaban J connectivity index is 0. The van der Waals surface area contributed by atoms with Crippen molar-refractivity contribution in [1.29, 1.82) is 0 Å². The fourth-order valence-electron chi connectivity index (χ4n) is 0.402. The van der Waals surface area contributed by atoms with Crippen LogP contribution in [0.25, 0.3) is 0 Å². The van der Waals surface area contributed by atoms with Crippen LogP contribution in [0.2, 0.25) is 0 Å². The van der Waals surface area contributed by atoms with E-state index < -0.39 is 0 Å². The van der Waals surface area contributed by atoms with E-state index in [-0.39, 0.29) is 2.85 Å². The molecule has 1 rings (SSSR count). The van der Waals surface area contributed by atoms with E-state index in [4.69, 9.17) is 0 Å². The van der Waals surface area contributed by atoms with Gasteiger partial charge in [0.25, 0.3) is 0 Å². The highest BCUT2D eigenvalue weighted by molar-refractivity contribution is 5.20. The molecule has 3 heteroatoms. The number of aromatic nitrogens is 2. The van der Waals surface area contributed by atoms with Gasteiger partial charge in [-0.25, -0.2) is 4.98 Å². The third-order valence-corrected chi connectivity index (χ3v) is 0.735. The fourth-order valence-corrected chi connectivity index (χ4v) is 0.402. The highest BCUT2D eigenvalue weighted by Gasteiger charge is 1.80. The molecule has 0 aliphatic heterocycles. The van der Waals surface area contributed by atoms with E-state index in [0.717, 1.165) is 5.95 Å². The van der Waals surface area contributed by atoms with Gasteiger partial charge in [-0.1, -0.05) is 0 Å². The molecule has 0 unspecified atom stereocenters. The van der Waals surface area contributed by atoms with Crippen molar-refractivity contribution in [3.05, 3.63) is 12.4 Å². The average Bonchev–Trinajstić information content (AvgIpc) is 2.14. The first-order chi connectivity index (χ1) is 3.43. The predicted molar refractivity (Wildman–Crippen MR) is 32.4 cm³/mol. The first-order valence-electron chi connectivity index (χ1n) is 2.10. The van der Waals surface area contributed by atoms with Gasteiger partial charge in [0, 0.05) is 22.3 Å². The summed E-state index contributed by atoms with van der Waals surface area (Å²) in [6.07, 6.45) is 3.47. The lowest BCUT2D eigenvalue weighted by Crippen LogP contribution is -1.87. The molecule has 1 heterocycles. The van der Waals surface area contributed by atoms with Crippen molar-refractivity contribution < 1.29 is 2.85 Å². The molecule has 0 amide bonds. The van der Waals surface area contributed by atoms with Crippen LogP contribution in [0.15, 0.2) is 12.4 Å². The van der Waals surface area contributed by atoms with Gasteiger partial charge >= 0.3 is 0 Å². The van der Waals surface area contributed by atoms with Crippen LogP contribution in [0.3, 0.4) is 0 Å². The molecule has 0 aliphatic carbocycles. The van der Waals surface area contributed by atoms with Gasteiger partial charge in [-0.05, 0) is 0 Å². The van der Waals surface area contributed by atoms with Gasteiger partial charge in [0.2, 0.25) is 0 Å². The normalized spacial score (nSPS) is 8.71. The number of aromatic amines is 1. The second-order valence-electron chi connectivity index (χ2n) is 1.19. The van der Waals surface area contributed by atoms with Crippen molar-refractivity contribution in [2.24, 2.45) is 0 Å². The van der Waals surface area contributed by atoms with Gasteiger partial charge in [0.05, 0.1) is 0 Å². The molecule has 1 aromatic heterocycles. The van der Waals surface area contributed by atoms with Crippen molar-refractivity contribution in [2.45, 2.75) is 0 Å².